The maximum absolute atomic E-state index is 15.5. The smallest absolute Gasteiger partial charge is 0.341 e. The molecule has 4 rings (SSSR count). The molecular formula is C23H30FN3O4. The zero-order chi connectivity index (χ0) is 22.5. The number of carbonyl (C=O) groups is 1. The second-order valence-corrected chi connectivity index (χ2v) is 9.01. The van der Waals surface area contributed by atoms with E-state index in [2.05, 4.69) is 19.2 Å². The monoisotopic (exact) mass is 431 g/mol. The normalized spacial score (nSPS) is 23.9. The Morgan fingerprint density at radius 2 is 2.10 bits per heavy atom. The first-order valence-corrected chi connectivity index (χ1v) is 10.9. The number of piperidine rings is 1. The number of hydrogen-bond acceptors (Lipinski definition) is 5. The lowest BCUT2D eigenvalue weighted by molar-refractivity contribution is 0.0695. The van der Waals surface area contributed by atoms with Crippen LogP contribution in [0.2, 0.25) is 0 Å². The quantitative estimate of drug-likeness (QED) is 0.730. The number of nitrogens with zero attached hydrogens (tertiary/aromatic N) is 2. The van der Waals surface area contributed by atoms with Gasteiger partial charge in [-0.25, -0.2) is 9.18 Å². The molecule has 8 heteroatoms. The Balaban J connectivity index is 1.95. The van der Waals surface area contributed by atoms with Crippen molar-refractivity contribution in [3.63, 3.8) is 0 Å². The van der Waals surface area contributed by atoms with Crippen LogP contribution in [0.3, 0.4) is 0 Å². The van der Waals surface area contributed by atoms with E-state index in [0.717, 1.165) is 25.7 Å². The van der Waals surface area contributed by atoms with Gasteiger partial charge in [0.2, 0.25) is 5.43 Å². The Hall–Kier alpha value is -2.61. The minimum absolute atomic E-state index is 0.0493. The molecular weight excluding hydrogens is 401 g/mol. The molecule has 2 N–H and O–H groups in total. The third kappa shape index (κ3) is 3.46. The van der Waals surface area contributed by atoms with Gasteiger partial charge in [0.25, 0.3) is 0 Å². The summed E-state index contributed by atoms with van der Waals surface area (Å²) in [4.78, 5) is 26.5. The molecule has 2 fully saturated rings. The fourth-order valence-corrected chi connectivity index (χ4v) is 5.02. The summed E-state index contributed by atoms with van der Waals surface area (Å²) >= 11 is 0. The largest absolute Gasteiger partial charge is 0.492 e. The van der Waals surface area contributed by atoms with E-state index in [0.29, 0.717) is 36.1 Å². The van der Waals surface area contributed by atoms with Crippen LogP contribution < -0.4 is 20.4 Å². The van der Waals surface area contributed by atoms with E-state index in [-0.39, 0.29) is 22.4 Å². The van der Waals surface area contributed by atoms with Gasteiger partial charge in [0.1, 0.15) is 11.3 Å². The van der Waals surface area contributed by atoms with Crippen LogP contribution in [0, 0.1) is 11.2 Å². The van der Waals surface area contributed by atoms with Crippen LogP contribution >= 0.6 is 0 Å². The lowest BCUT2D eigenvalue weighted by Gasteiger charge is -2.47. The molecule has 2 aliphatic rings. The topological polar surface area (TPSA) is 83.8 Å². The van der Waals surface area contributed by atoms with E-state index in [9.17, 15) is 14.7 Å². The predicted molar refractivity (Wildman–Crippen MR) is 118 cm³/mol. The van der Waals surface area contributed by atoms with Crippen molar-refractivity contribution in [2.45, 2.75) is 51.6 Å². The number of hydrogen-bond donors (Lipinski definition) is 2. The summed E-state index contributed by atoms with van der Waals surface area (Å²) in [5.74, 6) is -1.57. The van der Waals surface area contributed by atoms with Gasteiger partial charge in [-0.15, -0.1) is 0 Å². The van der Waals surface area contributed by atoms with Gasteiger partial charge in [0.15, 0.2) is 11.6 Å². The molecule has 2 atom stereocenters. The number of pyridine rings is 1. The molecule has 1 saturated carbocycles. The Kier molecular flexibility index (Phi) is 5.45. The third-order valence-electron chi connectivity index (χ3n) is 7.13. The van der Waals surface area contributed by atoms with Crippen molar-refractivity contribution in [3.8, 4) is 5.75 Å². The summed E-state index contributed by atoms with van der Waals surface area (Å²) in [5.41, 5.74) is -0.258. The lowest BCUT2D eigenvalue weighted by Crippen LogP contribution is -2.55. The zero-order valence-corrected chi connectivity index (χ0v) is 18.5. The number of rotatable bonds is 6. The average Bonchev–Trinajstić information content (AvgIpc) is 3.58. The second-order valence-electron chi connectivity index (χ2n) is 9.01. The fraction of sp³-hybridized carbons (Fsp3) is 0.565. The van der Waals surface area contributed by atoms with Crippen molar-refractivity contribution in [2.75, 3.05) is 32.1 Å². The molecule has 0 radical (unpaired) electrons. The maximum Gasteiger partial charge on any atom is 0.341 e. The van der Waals surface area contributed by atoms with Gasteiger partial charge in [-0.05, 0) is 38.8 Å². The SMILES string of the molecule is CCC1(C)CN(c2c(F)cc3c(=O)c(C(=O)O)cn(C4CC4)c3c2OC)CCC1NC. The minimum atomic E-state index is -1.31. The number of benzene rings is 1. The summed E-state index contributed by atoms with van der Waals surface area (Å²) in [5, 5.41) is 12.9. The molecule has 0 bridgehead atoms. The Bertz CT molecular complexity index is 1090. The summed E-state index contributed by atoms with van der Waals surface area (Å²) in [6.07, 6.45) is 4.94. The third-order valence-corrected chi connectivity index (χ3v) is 7.13. The van der Waals surface area contributed by atoms with E-state index >= 15 is 4.39 Å². The molecule has 1 aliphatic heterocycles. The molecule has 2 unspecified atom stereocenters. The van der Waals surface area contributed by atoms with Crippen molar-refractivity contribution < 1.29 is 19.0 Å². The molecule has 168 valence electrons. The van der Waals surface area contributed by atoms with Crippen molar-refractivity contribution in [1.29, 1.82) is 0 Å². The van der Waals surface area contributed by atoms with Crippen LogP contribution in [0.1, 0.15) is 55.9 Å². The van der Waals surface area contributed by atoms with Gasteiger partial charge in [0, 0.05) is 36.8 Å². The molecule has 1 saturated heterocycles. The van der Waals surface area contributed by atoms with Crippen LogP contribution in [0.5, 0.6) is 5.75 Å². The number of aromatic carboxylic acids is 1. The number of methoxy groups -OCH3 is 1. The second kappa shape index (κ2) is 7.82. The molecule has 1 aromatic carbocycles. The molecule has 2 heterocycles. The van der Waals surface area contributed by atoms with Gasteiger partial charge in [-0.1, -0.05) is 13.8 Å². The zero-order valence-electron chi connectivity index (χ0n) is 18.5. The van der Waals surface area contributed by atoms with Crippen molar-refractivity contribution in [1.82, 2.24) is 9.88 Å². The van der Waals surface area contributed by atoms with E-state index in [1.807, 2.05) is 11.9 Å². The van der Waals surface area contributed by atoms with Gasteiger partial charge in [-0.2, -0.15) is 0 Å². The molecule has 0 amide bonds. The van der Waals surface area contributed by atoms with Crippen LogP contribution in [0.15, 0.2) is 17.1 Å². The van der Waals surface area contributed by atoms with Crippen LogP contribution in [-0.4, -0.2) is 48.9 Å². The number of fused-ring (bicyclic) bond motifs is 1. The standard InChI is InChI=1S/C23H30FN3O4/c1-5-23(2)12-26(9-8-17(23)25-3)19-16(24)10-14-18(21(19)31-4)27(13-6-7-13)11-15(20(14)28)22(29)30/h10-11,13,17,25H,5-9,12H2,1-4H3,(H,29,30). The molecule has 0 spiro atoms. The number of aromatic nitrogens is 1. The van der Waals surface area contributed by atoms with E-state index < -0.39 is 17.2 Å². The highest BCUT2D eigenvalue weighted by molar-refractivity contribution is 5.97. The molecule has 2 aromatic rings. The van der Waals surface area contributed by atoms with Crippen LogP contribution in [0.4, 0.5) is 10.1 Å². The van der Waals surface area contributed by atoms with Crippen molar-refractivity contribution >= 4 is 22.6 Å². The molecule has 1 aliphatic carbocycles. The van der Waals surface area contributed by atoms with Gasteiger partial charge < -0.3 is 24.6 Å². The summed E-state index contributed by atoms with van der Waals surface area (Å²) in [6, 6.07) is 1.60. The number of carboxylic acids is 1. The average molecular weight is 432 g/mol. The summed E-state index contributed by atoms with van der Waals surface area (Å²) in [6.45, 7) is 5.64. The van der Waals surface area contributed by atoms with E-state index in [4.69, 9.17) is 4.74 Å². The maximum atomic E-state index is 15.5. The fourth-order valence-electron chi connectivity index (χ4n) is 5.02. The number of carboxylic acid groups (broad SMARTS) is 1. The first-order chi connectivity index (χ1) is 14.8. The van der Waals surface area contributed by atoms with Crippen LogP contribution in [0.25, 0.3) is 10.9 Å². The minimum Gasteiger partial charge on any atom is -0.492 e. The Labute approximate surface area is 180 Å². The highest BCUT2D eigenvalue weighted by atomic mass is 19.1. The highest BCUT2D eigenvalue weighted by Crippen LogP contribution is 2.45. The number of ether oxygens (including phenoxy) is 1. The Morgan fingerprint density at radius 1 is 1.39 bits per heavy atom. The van der Waals surface area contributed by atoms with E-state index in [1.54, 1.807) is 4.57 Å². The van der Waals surface area contributed by atoms with Gasteiger partial charge in [0.05, 0.1) is 18.0 Å². The highest BCUT2D eigenvalue weighted by Gasteiger charge is 2.40. The number of anilines is 1. The summed E-state index contributed by atoms with van der Waals surface area (Å²) < 4.78 is 23.0. The van der Waals surface area contributed by atoms with Crippen molar-refractivity contribution in [2.24, 2.45) is 5.41 Å². The number of halogens is 1. The molecule has 31 heavy (non-hydrogen) atoms. The Morgan fingerprint density at radius 3 is 2.65 bits per heavy atom. The molecule has 7 nitrogen and oxygen atoms in total. The number of nitrogens with one attached hydrogen (secondary N) is 1. The summed E-state index contributed by atoms with van der Waals surface area (Å²) in [7, 11) is 3.43. The van der Waals surface area contributed by atoms with Crippen LogP contribution in [-0.2, 0) is 0 Å². The lowest BCUT2D eigenvalue weighted by atomic mass is 9.75. The van der Waals surface area contributed by atoms with Gasteiger partial charge in [-0.3, -0.25) is 4.79 Å². The predicted octanol–water partition coefficient (Wildman–Crippen LogP) is 3.40. The molecule has 1 aromatic heterocycles. The van der Waals surface area contributed by atoms with Crippen molar-refractivity contribution in [3.05, 3.63) is 33.9 Å². The first-order valence-electron chi connectivity index (χ1n) is 10.9. The first kappa shape index (κ1) is 21.6. The van der Waals surface area contributed by atoms with Gasteiger partial charge >= 0.3 is 5.97 Å². The van der Waals surface area contributed by atoms with E-state index in [1.165, 1.54) is 19.4 Å².